The average molecular weight is 247 g/mol. The predicted octanol–water partition coefficient (Wildman–Crippen LogP) is 1.55. The molecule has 0 fully saturated rings. The van der Waals surface area contributed by atoms with E-state index in [1.165, 1.54) is 5.56 Å². The van der Waals surface area contributed by atoms with Gasteiger partial charge in [0.05, 0.1) is 17.4 Å². The Balaban J connectivity index is 2.33. The Bertz CT molecular complexity index is 511. The molecule has 0 bridgehead atoms. The van der Waals surface area contributed by atoms with Crippen LogP contribution < -0.4 is 5.32 Å². The summed E-state index contributed by atoms with van der Waals surface area (Å²) in [6.07, 6.45) is 5.14. The molecule has 2 rings (SSSR count). The highest BCUT2D eigenvalue weighted by atomic mass is 15.3. The average Bonchev–Trinajstić information content (AvgIpc) is 2.87. The highest BCUT2D eigenvalue weighted by Gasteiger charge is 2.19. The van der Waals surface area contributed by atoms with Crippen molar-refractivity contribution < 1.29 is 0 Å². The first-order valence-corrected chi connectivity index (χ1v) is 6.35. The van der Waals surface area contributed by atoms with E-state index in [0.717, 1.165) is 24.4 Å². The van der Waals surface area contributed by atoms with E-state index in [1.54, 1.807) is 0 Å². The Morgan fingerprint density at radius 1 is 1.28 bits per heavy atom. The van der Waals surface area contributed by atoms with Gasteiger partial charge in [-0.2, -0.15) is 10.2 Å². The zero-order valence-corrected chi connectivity index (χ0v) is 11.5. The quantitative estimate of drug-likeness (QED) is 0.872. The van der Waals surface area contributed by atoms with Crippen molar-refractivity contribution in [2.45, 2.75) is 26.3 Å². The summed E-state index contributed by atoms with van der Waals surface area (Å²) < 4.78 is 3.69. The van der Waals surface area contributed by atoms with Crippen LogP contribution >= 0.6 is 0 Å². The number of hydrogen-bond acceptors (Lipinski definition) is 3. The number of aromatic nitrogens is 4. The van der Waals surface area contributed by atoms with Gasteiger partial charge in [0.25, 0.3) is 0 Å². The molecule has 0 radical (unpaired) electrons. The first-order valence-electron chi connectivity index (χ1n) is 6.35. The van der Waals surface area contributed by atoms with E-state index in [4.69, 9.17) is 0 Å². The van der Waals surface area contributed by atoms with E-state index in [9.17, 15) is 0 Å². The van der Waals surface area contributed by atoms with E-state index in [-0.39, 0.29) is 6.04 Å². The first-order chi connectivity index (χ1) is 8.61. The van der Waals surface area contributed by atoms with Gasteiger partial charge in [-0.3, -0.25) is 9.36 Å². The van der Waals surface area contributed by atoms with E-state index < -0.39 is 0 Å². The van der Waals surface area contributed by atoms with Gasteiger partial charge >= 0.3 is 0 Å². The van der Waals surface area contributed by atoms with Crippen LogP contribution in [0.25, 0.3) is 0 Å². The summed E-state index contributed by atoms with van der Waals surface area (Å²) in [6, 6.07) is 2.18. The molecule has 18 heavy (non-hydrogen) atoms. The third-order valence-electron chi connectivity index (χ3n) is 2.99. The second kappa shape index (κ2) is 5.35. The monoisotopic (exact) mass is 247 g/mol. The summed E-state index contributed by atoms with van der Waals surface area (Å²) in [6.45, 7) is 5.17. The molecule has 1 atom stereocenters. The molecule has 0 aliphatic rings. The van der Waals surface area contributed by atoms with Crippen LogP contribution in [0.5, 0.6) is 0 Å². The molecule has 2 aromatic rings. The molecule has 5 nitrogen and oxygen atoms in total. The van der Waals surface area contributed by atoms with Crippen molar-refractivity contribution in [3.05, 3.63) is 35.4 Å². The normalized spacial score (nSPS) is 12.9. The van der Waals surface area contributed by atoms with Crippen LogP contribution in [0, 0.1) is 6.92 Å². The molecule has 5 heteroatoms. The number of hydrogen-bond donors (Lipinski definition) is 1. The number of rotatable bonds is 5. The summed E-state index contributed by atoms with van der Waals surface area (Å²) in [5.74, 6) is 0. The SMILES string of the molecule is CCCNC(c1ccn(C)n1)c1cn(C)nc1C. The minimum atomic E-state index is 0.125. The summed E-state index contributed by atoms with van der Waals surface area (Å²) >= 11 is 0. The van der Waals surface area contributed by atoms with Crippen LogP contribution in [-0.2, 0) is 14.1 Å². The molecule has 0 aromatic carbocycles. The molecule has 1 unspecified atom stereocenters. The minimum Gasteiger partial charge on any atom is -0.305 e. The van der Waals surface area contributed by atoms with Gasteiger partial charge in [-0.25, -0.2) is 0 Å². The highest BCUT2D eigenvalue weighted by molar-refractivity contribution is 5.28. The number of nitrogens with one attached hydrogen (secondary N) is 1. The van der Waals surface area contributed by atoms with Crippen LogP contribution in [0.3, 0.4) is 0 Å². The molecule has 98 valence electrons. The summed E-state index contributed by atoms with van der Waals surface area (Å²) in [4.78, 5) is 0. The van der Waals surface area contributed by atoms with E-state index in [1.807, 2.05) is 36.6 Å². The van der Waals surface area contributed by atoms with Gasteiger partial charge in [0.2, 0.25) is 0 Å². The van der Waals surface area contributed by atoms with Gasteiger partial charge in [0.15, 0.2) is 0 Å². The van der Waals surface area contributed by atoms with Crippen LogP contribution in [0.4, 0.5) is 0 Å². The molecule has 0 saturated heterocycles. The van der Waals surface area contributed by atoms with Crippen LogP contribution in [-0.4, -0.2) is 26.1 Å². The second-order valence-corrected chi connectivity index (χ2v) is 4.64. The topological polar surface area (TPSA) is 47.7 Å². The van der Waals surface area contributed by atoms with E-state index in [2.05, 4.69) is 34.7 Å². The zero-order valence-electron chi connectivity index (χ0n) is 11.5. The Kier molecular flexibility index (Phi) is 3.81. The Morgan fingerprint density at radius 3 is 2.56 bits per heavy atom. The van der Waals surface area contributed by atoms with Gasteiger partial charge in [-0.05, 0) is 26.0 Å². The standard InChI is InChI=1S/C13H21N5/c1-5-7-14-13(12-6-8-17(3)16-12)11-9-18(4)15-10(11)2/h6,8-9,13-14H,5,7H2,1-4H3. The molecule has 0 aliphatic carbocycles. The fraction of sp³-hybridized carbons (Fsp3) is 0.538. The first kappa shape index (κ1) is 12.8. The maximum Gasteiger partial charge on any atom is 0.0840 e. The highest BCUT2D eigenvalue weighted by Crippen LogP contribution is 2.22. The second-order valence-electron chi connectivity index (χ2n) is 4.64. The van der Waals surface area contributed by atoms with Gasteiger partial charge in [0, 0.05) is 32.1 Å². The molecular weight excluding hydrogens is 226 g/mol. The van der Waals surface area contributed by atoms with Crippen molar-refractivity contribution in [3.63, 3.8) is 0 Å². The number of aryl methyl sites for hydroxylation is 3. The van der Waals surface area contributed by atoms with Crippen LogP contribution in [0.2, 0.25) is 0 Å². The Labute approximate surface area is 108 Å². The zero-order chi connectivity index (χ0) is 13.1. The molecule has 2 aromatic heterocycles. The van der Waals surface area contributed by atoms with Crippen molar-refractivity contribution in [1.82, 2.24) is 24.9 Å². The summed E-state index contributed by atoms with van der Waals surface area (Å²) in [7, 11) is 3.89. The van der Waals surface area contributed by atoms with Gasteiger partial charge in [0.1, 0.15) is 0 Å². The van der Waals surface area contributed by atoms with Gasteiger partial charge in [-0.1, -0.05) is 6.92 Å². The lowest BCUT2D eigenvalue weighted by molar-refractivity contribution is 0.573. The van der Waals surface area contributed by atoms with Crippen molar-refractivity contribution >= 4 is 0 Å². The minimum absolute atomic E-state index is 0.125. The van der Waals surface area contributed by atoms with Gasteiger partial charge < -0.3 is 5.32 Å². The molecule has 0 saturated carbocycles. The van der Waals surface area contributed by atoms with Crippen molar-refractivity contribution in [2.24, 2.45) is 14.1 Å². The van der Waals surface area contributed by atoms with Crippen LogP contribution in [0.1, 0.15) is 36.3 Å². The van der Waals surface area contributed by atoms with Crippen molar-refractivity contribution in [1.29, 1.82) is 0 Å². The van der Waals surface area contributed by atoms with Gasteiger partial charge in [-0.15, -0.1) is 0 Å². The summed E-state index contributed by atoms with van der Waals surface area (Å²) in [5, 5.41) is 12.5. The maximum absolute atomic E-state index is 4.51. The molecule has 0 aliphatic heterocycles. The Morgan fingerprint density at radius 2 is 2.06 bits per heavy atom. The third-order valence-corrected chi connectivity index (χ3v) is 2.99. The van der Waals surface area contributed by atoms with E-state index >= 15 is 0 Å². The van der Waals surface area contributed by atoms with Crippen LogP contribution in [0.15, 0.2) is 18.5 Å². The number of nitrogens with zero attached hydrogens (tertiary/aromatic N) is 4. The van der Waals surface area contributed by atoms with Crippen molar-refractivity contribution in [3.8, 4) is 0 Å². The lowest BCUT2D eigenvalue weighted by Gasteiger charge is -2.15. The predicted molar refractivity (Wildman–Crippen MR) is 71.3 cm³/mol. The van der Waals surface area contributed by atoms with E-state index in [0.29, 0.717) is 0 Å². The molecule has 1 N–H and O–H groups in total. The maximum atomic E-state index is 4.51. The third kappa shape index (κ3) is 2.61. The summed E-state index contributed by atoms with van der Waals surface area (Å²) in [5.41, 5.74) is 3.29. The lowest BCUT2D eigenvalue weighted by Crippen LogP contribution is -2.24. The largest absolute Gasteiger partial charge is 0.305 e. The molecule has 0 spiro atoms. The van der Waals surface area contributed by atoms with Crippen molar-refractivity contribution in [2.75, 3.05) is 6.54 Å². The lowest BCUT2D eigenvalue weighted by atomic mass is 10.1. The smallest absolute Gasteiger partial charge is 0.0840 e. The molecule has 2 heterocycles. The fourth-order valence-electron chi connectivity index (χ4n) is 2.15. The fourth-order valence-corrected chi connectivity index (χ4v) is 2.15. The Hall–Kier alpha value is -1.62. The molecular formula is C13H21N5. The molecule has 0 amide bonds.